The summed E-state index contributed by atoms with van der Waals surface area (Å²) < 4.78 is 23.3. The first-order valence-corrected chi connectivity index (χ1v) is 12.3. The highest BCUT2D eigenvalue weighted by atomic mass is 16.5. The lowest BCUT2D eigenvalue weighted by molar-refractivity contribution is 0.0853. The lowest BCUT2D eigenvalue weighted by Gasteiger charge is -2.09. The van der Waals surface area contributed by atoms with Gasteiger partial charge in [-0.2, -0.15) is 0 Å². The fraction of sp³-hybridized carbons (Fsp3) is 0.370. The molecule has 4 heterocycles. The highest BCUT2D eigenvalue weighted by molar-refractivity contribution is 5.94. The summed E-state index contributed by atoms with van der Waals surface area (Å²) >= 11 is 0. The van der Waals surface area contributed by atoms with Crippen LogP contribution in [0.3, 0.4) is 0 Å². The Hall–Kier alpha value is -3.69. The van der Waals surface area contributed by atoms with E-state index in [0.717, 1.165) is 61.2 Å². The van der Waals surface area contributed by atoms with Crippen LogP contribution in [0.1, 0.15) is 40.9 Å². The second-order valence-electron chi connectivity index (χ2n) is 8.81. The number of nitrogens with one attached hydrogen (secondary N) is 2. The largest absolute Gasteiger partial charge is 0.493 e. The molecule has 36 heavy (non-hydrogen) atoms. The van der Waals surface area contributed by atoms with Gasteiger partial charge in [-0.3, -0.25) is 9.78 Å². The van der Waals surface area contributed by atoms with Gasteiger partial charge >= 0.3 is 0 Å². The molecular formula is C27H30N4O5. The molecular weight excluding hydrogens is 460 g/mol. The van der Waals surface area contributed by atoms with Crippen molar-refractivity contribution in [1.29, 1.82) is 0 Å². The van der Waals surface area contributed by atoms with Crippen molar-refractivity contribution in [2.24, 2.45) is 0 Å². The Kier molecular flexibility index (Phi) is 7.58. The van der Waals surface area contributed by atoms with Crippen molar-refractivity contribution in [2.75, 3.05) is 26.3 Å². The lowest BCUT2D eigenvalue weighted by atomic mass is 10.1. The molecule has 1 unspecified atom stereocenters. The summed E-state index contributed by atoms with van der Waals surface area (Å²) in [4.78, 5) is 21.0. The molecule has 1 aliphatic rings. The zero-order valence-corrected chi connectivity index (χ0v) is 20.3. The number of rotatable bonds is 11. The van der Waals surface area contributed by atoms with Crippen molar-refractivity contribution in [1.82, 2.24) is 20.6 Å². The van der Waals surface area contributed by atoms with E-state index in [1.807, 2.05) is 43.5 Å². The molecule has 1 amide bonds. The fourth-order valence-electron chi connectivity index (χ4n) is 4.29. The lowest BCUT2D eigenvalue weighted by Crippen LogP contribution is -2.31. The maximum absolute atomic E-state index is 12.5. The molecule has 0 aliphatic carbocycles. The van der Waals surface area contributed by atoms with Crippen LogP contribution in [0.15, 0.2) is 57.8 Å². The van der Waals surface area contributed by atoms with E-state index in [-0.39, 0.29) is 23.6 Å². The van der Waals surface area contributed by atoms with Gasteiger partial charge in [-0.1, -0.05) is 12.1 Å². The van der Waals surface area contributed by atoms with E-state index in [2.05, 4.69) is 20.6 Å². The molecule has 9 nitrogen and oxygen atoms in total. The van der Waals surface area contributed by atoms with Gasteiger partial charge in [-0.05, 0) is 56.5 Å². The van der Waals surface area contributed by atoms with E-state index in [9.17, 15) is 4.79 Å². The average Bonchev–Trinajstić information content (AvgIpc) is 3.66. The molecule has 3 aromatic heterocycles. The Morgan fingerprint density at radius 1 is 1.25 bits per heavy atom. The SMILES string of the molecule is Cc1c(-c2nc(C(=O)NCC3CCCO3)co2)oc2cccc(OCCCNCc3cccnc3)c12. The molecule has 1 fully saturated rings. The summed E-state index contributed by atoms with van der Waals surface area (Å²) in [7, 11) is 0. The zero-order valence-electron chi connectivity index (χ0n) is 20.3. The number of carbonyl (C=O) groups is 1. The molecule has 188 valence electrons. The van der Waals surface area contributed by atoms with Gasteiger partial charge < -0.3 is 28.9 Å². The van der Waals surface area contributed by atoms with Crippen molar-refractivity contribution in [2.45, 2.75) is 38.8 Å². The van der Waals surface area contributed by atoms with Crippen LogP contribution in [0.2, 0.25) is 0 Å². The molecule has 0 spiro atoms. The van der Waals surface area contributed by atoms with Gasteiger partial charge in [0.15, 0.2) is 11.5 Å². The Morgan fingerprint density at radius 3 is 3.03 bits per heavy atom. The van der Waals surface area contributed by atoms with Crippen LogP contribution in [0, 0.1) is 6.92 Å². The highest BCUT2D eigenvalue weighted by Gasteiger charge is 2.23. The third kappa shape index (κ3) is 5.58. The van der Waals surface area contributed by atoms with E-state index >= 15 is 0 Å². The quantitative estimate of drug-likeness (QED) is 0.300. The Morgan fingerprint density at radius 2 is 2.19 bits per heavy atom. The van der Waals surface area contributed by atoms with Crippen LogP contribution in [-0.2, 0) is 11.3 Å². The van der Waals surface area contributed by atoms with Gasteiger partial charge in [-0.15, -0.1) is 0 Å². The maximum Gasteiger partial charge on any atom is 0.273 e. The number of nitrogens with zero attached hydrogens (tertiary/aromatic N) is 2. The third-order valence-electron chi connectivity index (χ3n) is 6.17. The number of benzene rings is 1. The van der Waals surface area contributed by atoms with Gasteiger partial charge in [0.05, 0.1) is 18.1 Å². The number of ether oxygens (including phenoxy) is 2. The minimum absolute atomic E-state index is 0.0632. The molecule has 2 N–H and O–H groups in total. The van der Waals surface area contributed by atoms with Crippen molar-refractivity contribution in [3.63, 3.8) is 0 Å². The van der Waals surface area contributed by atoms with Crippen LogP contribution < -0.4 is 15.4 Å². The van der Waals surface area contributed by atoms with Crippen molar-refractivity contribution >= 4 is 16.9 Å². The third-order valence-corrected chi connectivity index (χ3v) is 6.17. The van der Waals surface area contributed by atoms with Crippen LogP contribution in [-0.4, -0.2) is 48.3 Å². The molecule has 0 saturated carbocycles. The standard InChI is InChI=1S/C27H30N4O5/c1-18-24-22(34-13-5-11-29-15-19-6-3-10-28-14-19)8-2-9-23(24)36-25(18)27-31-21(17-35-27)26(32)30-16-20-7-4-12-33-20/h2-3,6,8-10,14,17,20,29H,4-5,7,11-13,15-16H2,1H3,(H,30,32). The number of hydrogen-bond acceptors (Lipinski definition) is 8. The number of aryl methyl sites for hydroxylation is 1. The van der Waals surface area contributed by atoms with Crippen molar-refractivity contribution in [3.05, 3.63) is 65.8 Å². The Balaban J connectivity index is 1.19. The predicted octanol–water partition coefficient (Wildman–Crippen LogP) is 4.26. The van der Waals surface area contributed by atoms with Crippen molar-refractivity contribution in [3.8, 4) is 17.4 Å². The average molecular weight is 491 g/mol. The number of pyridine rings is 1. The number of amides is 1. The summed E-state index contributed by atoms with van der Waals surface area (Å²) in [5.41, 5.74) is 2.89. The summed E-state index contributed by atoms with van der Waals surface area (Å²) in [6, 6.07) is 9.68. The number of furan rings is 1. The molecule has 1 saturated heterocycles. The van der Waals surface area contributed by atoms with Crippen LogP contribution in [0.4, 0.5) is 0 Å². The highest BCUT2D eigenvalue weighted by Crippen LogP contribution is 2.37. The number of hydrogen-bond donors (Lipinski definition) is 2. The second kappa shape index (κ2) is 11.4. The minimum Gasteiger partial charge on any atom is -0.493 e. The second-order valence-corrected chi connectivity index (χ2v) is 8.81. The summed E-state index contributed by atoms with van der Waals surface area (Å²) in [5.74, 6) is 1.19. The number of aromatic nitrogens is 2. The first-order valence-electron chi connectivity index (χ1n) is 12.3. The molecule has 1 atom stereocenters. The first kappa shape index (κ1) is 24.0. The number of fused-ring (bicyclic) bond motifs is 1. The molecule has 9 heteroatoms. The number of oxazole rings is 1. The van der Waals surface area contributed by atoms with E-state index in [0.29, 0.717) is 24.5 Å². The summed E-state index contributed by atoms with van der Waals surface area (Å²) in [5, 5.41) is 7.13. The maximum atomic E-state index is 12.5. The van der Waals surface area contributed by atoms with E-state index in [1.165, 1.54) is 6.26 Å². The summed E-state index contributed by atoms with van der Waals surface area (Å²) in [6.45, 7) is 5.31. The molecule has 5 rings (SSSR count). The van der Waals surface area contributed by atoms with Crippen LogP contribution in [0.5, 0.6) is 5.75 Å². The normalized spacial score (nSPS) is 15.4. The Bertz CT molecular complexity index is 1290. The van der Waals surface area contributed by atoms with Gasteiger partial charge in [0, 0.05) is 37.7 Å². The molecule has 0 bridgehead atoms. The van der Waals surface area contributed by atoms with Crippen molar-refractivity contribution < 1.29 is 23.1 Å². The van der Waals surface area contributed by atoms with E-state index in [4.69, 9.17) is 18.3 Å². The smallest absolute Gasteiger partial charge is 0.273 e. The molecule has 0 radical (unpaired) electrons. The fourth-order valence-corrected chi connectivity index (χ4v) is 4.29. The van der Waals surface area contributed by atoms with Crippen LogP contribution in [0.25, 0.3) is 22.6 Å². The molecule has 4 aromatic rings. The zero-order chi connectivity index (χ0) is 24.7. The molecule has 1 aliphatic heterocycles. The van der Waals surface area contributed by atoms with E-state index < -0.39 is 0 Å². The Labute approximate surface area is 209 Å². The van der Waals surface area contributed by atoms with Gasteiger partial charge in [0.1, 0.15) is 17.6 Å². The van der Waals surface area contributed by atoms with Crippen LogP contribution >= 0.6 is 0 Å². The number of carbonyl (C=O) groups excluding carboxylic acids is 1. The van der Waals surface area contributed by atoms with Gasteiger partial charge in [0.25, 0.3) is 11.8 Å². The monoisotopic (exact) mass is 490 g/mol. The van der Waals surface area contributed by atoms with E-state index in [1.54, 1.807) is 6.20 Å². The first-order chi connectivity index (χ1) is 17.7. The summed E-state index contributed by atoms with van der Waals surface area (Å²) in [6.07, 6.45) is 7.87. The predicted molar refractivity (Wildman–Crippen MR) is 134 cm³/mol. The molecule has 1 aromatic carbocycles. The minimum atomic E-state index is -0.296. The van der Waals surface area contributed by atoms with Gasteiger partial charge in [0.2, 0.25) is 0 Å². The topological polar surface area (TPSA) is 112 Å². The van der Waals surface area contributed by atoms with Gasteiger partial charge in [-0.25, -0.2) is 4.98 Å².